The van der Waals surface area contributed by atoms with Gasteiger partial charge in [0, 0.05) is 30.3 Å². The highest BCUT2D eigenvalue weighted by atomic mass is 16.5. The fourth-order valence-electron chi connectivity index (χ4n) is 2.41. The van der Waals surface area contributed by atoms with Gasteiger partial charge in [0.25, 0.3) is 0 Å². The molecule has 0 unspecified atom stereocenters. The Labute approximate surface area is 107 Å². The summed E-state index contributed by atoms with van der Waals surface area (Å²) >= 11 is 0. The first-order valence-electron chi connectivity index (χ1n) is 5.85. The first kappa shape index (κ1) is 12.6. The van der Waals surface area contributed by atoms with Gasteiger partial charge in [-0.15, -0.1) is 0 Å². The molecular formula is C14H17NO3. The monoisotopic (exact) mass is 247 g/mol. The third-order valence-corrected chi connectivity index (χ3v) is 3.32. The van der Waals surface area contributed by atoms with E-state index in [2.05, 4.69) is 4.74 Å². The summed E-state index contributed by atoms with van der Waals surface area (Å²) in [4.78, 5) is 25.9. The SMILES string of the molecule is COC(=O)c1ccc2c(c1)C(=O)C(C)(C)CN2C. The molecule has 18 heavy (non-hydrogen) atoms. The van der Waals surface area contributed by atoms with Crippen molar-refractivity contribution in [1.29, 1.82) is 0 Å². The number of anilines is 1. The molecule has 0 saturated carbocycles. The van der Waals surface area contributed by atoms with E-state index in [1.165, 1.54) is 7.11 Å². The maximum Gasteiger partial charge on any atom is 0.337 e. The fourth-order valence-corrected chi connectivity index (χ4v) is 2.41. The molecule has 0 saturated heterocycles. The lowest BCUT2D eigenvalue weighted by atomic mass is 9.79. The van der Waals surface area contributed by atoms with E-state index in [-0.39, 0.29) is 5.78 Å². The van der Waals surface area contributed by atoms with Crippen LogP contribution in [0.5, 0.6) is 0 Å². The molecule has 0 radical (unpaired) electrons. The van der Waals surface area contributed by atoms with Gasteiger partial charge in [0.05, 0.1) is 12.7 Å². The van der Waals surface area contributed by atoms with Crippen molar-refractivity contribution in [2.45, 2.75) is 13.8 Å². The van der Waals surface area contributed by atoms with E-state index in [1.807, 2.05) is 25.8 Å². The molecule has 1 aromatic carbocycles. The highest BCUT2D eigenvalue weighted by molar-refractivity contribution is 6.08. The number of carbonyl (C=O) groups excluding carboxylic acids is 2. The molecule has 0 N–H and O–H groups in total. The first-order chi connectivity index (χ1) is 8.36. The zero-order valence-electron chi connectivity index (χ0n) is 11.1. The fraction of sp³-hybridized carbons (Fsp3) is 0.429. The van der Waals surface area contributed by atoms with Crippen LogP contribution in [-0.4, -0.2) is 32.5 Å². The molecule has 1 aliphatic rings. The lowest BCUT2D eigenvalue weighted by Gasteiger charge is -2.37. The maximum absolute atomic E-state index is 12.4. The Morgan fingerprint density at radius 3 is 2.67 bits per heavy atom. The number of carbonyl (C=O) groups is 2. The van der Waals surface area contributed by atoms with E-state index in [0.29, 0.717) is 17.7 Å². The standard InChI is InChI=1S/C14H17NO3/c1-14(2)8-15(3)11-6-5-9(13(17)18-4)7-10(11)12(14)16/h5-7H,8H2,1-4H3. The van der Waals surface area contributed by atoms with Crippen LogP contribution in [0.4, 0.5) is 5.69 Å². The van der Waals surface area contributed by atoms with Crippen LogP contribution in [0.15, 0.2) is 18.2 Å². The summed E-state index contributed by atoms with van der Waals surface area (Å²) in [6, 6.07) is 5.11. The highest BCUT2D eigenvalue weighted by Gasteiger charge is 2.37. The summed E-state index contributed by atoms with van der Waals surface area (Å²) < 4.78 is 4.68. The molecular weight excluding hydrogens is 230 g/mol. The summed E-state index contributed by atoms with van der Waals surface area (Å²) in [5.41, 5.74) is 1.44. The first-order valence-corrected chi connectivity index (χ1v) is 5.85. The normalized spacial score (nSPS) is 17.3. The van der Waals surface area contributed by atoms with Gasteiger partial charge in [-0.25, -0.2) is 4.79 Å². The number of nitrogens with zero attached hydrogens (tertiary/aromatic N) is 1. The molecule has 0 bridgehead atoms. The number of hydrogen-bond acceptors (Lipinski definition) is 4. The highest BCUT2D eigenvalue weighted by Crippen LogP contribution is 2.35. The Balaban J connectivity index is 2.54. The number of benzene rings is 1. The van der Waals surface area contributed by atoms with E-state index in [4.69, 9.17) is 0 Å². The number of esters is 1. The van der Waals surface area contributed by atoms with Crippen molar-refractivity contribution in [3.05, 3.63) is 29.3 Å². The molecule has 0 amide bonds. The number of methoxy groups -OCH3 is 1. The molecule has 0 fully saturated rings. The molecule has 1 aromatic rings. The lowest BCUT2D eigenvalue weighted by molar-refractivity contribution is 0.0600. The van der Waals surface area contributed by atoms with Crippen molar-refractivity contribution < 1.29 is 14.3 Å². The second-order valence-electron chi connectivity index (χ2n) is 5.29. The van der Waals surface area contributed by atoms with E-state index >= 15 is 0 Å². The van der Waals surface area contributed by atoms with Crippen LogP contribution < -0.4 is 4.90 Å². The van der Waals surface area contributed by atoms with Crippen molar-refractivity contribution in [2.75, 3.05) is 25.6 Å². The van der Waals surface area contributed by atoms with Gasteiger partial charge in [-0.05, 0) is 18.2 Å². The Hall–Kier alpha value is -1.84. The largest absolute Gasteiger partial charge is 0.465 e. The van der Waals surface area contributed by atoms with E-state index < -0.39 is 11.4 Å². The minimum absolute atomic E-state index is 0.0707. The predicted octanol–water partition coefficient (Wildman–Crippen LogP) is 2.13. The zero-order valence-corrected chi connectivity index (χ0v) is 11.1. The average Bonchev–Trinajstić information content (AvgIpc) is 2.34. The molecule has 0 atom stereocenters. The molecule has 0 aromatic heterocycles. The van der Waals surface area contributed by atoms with Crippen LogP contribution in [-0.2, 0) is 4.74 Å². The number of hydrogen-bond donors (Lipinski definition) is 0. The molecule has 1 heterocycles. The van der Waals surface area contributed by atoms with Crippen LogP contribution in [0.2, 0.25) is 0 Å². The Morgan fingerprint density at radius 1 is 1.39 bits per heavy atom. The molecule has 4 heteroatoms. The van der Waals surface area contributed by atoms with Crippen molar-refractivity contribution in [2.24, 2.45) is 5.41 Å². The molecule has 1 aliphatic heterocycles. The van der Waals surface area contributed by atoms with Gasteiger partial charge in [-0.1, -0.05) is 13.8 Å². The van der Waals surface area contributed by atoms with Crippen LogP contribution in [0, 0.1) is 5.41 Å². The van der Waals surface area contributed by atoms with Crippen molar-refractivity contribution >= 4 is 17.4 Å². The smallest absolute Gasteiger partial charge is 0.337 e. The van der Waals surface area contributed by atoms with Gasteiger partial charge in [-0.2, -0.15) is 0 Å². The number of fused-ring (bicyclic) bond motifs is 1. The molecule has 0 spiro atoms. The summed E-state index contributed by atoms with van der Waals surface area (Å²) in [5, 5.41) is 0. The molecule has 4 nitrogen and oxygen atoms in total. The number of rotatable bonds is 1. The minimum atomic E-state index is -0.434. The van der Waals surface area contributed by atoms with Gasteiger partial charge < -0.3 is 9.64 Å². The van der Waals surface area contributed by atoms with E-state index in [0.717, 1.165) is 5.69 Å². The quantitative estimate of drug-likeness (QED) is 0.713. The maximum atomic E-state index is 12.4. The molecule has 0 aliphatic carbocycles. The van der Waals surface area contributed by atoms with E-state index in [9.17, 15) is 9.59 Å². The summed E-state index contributed by atoms with van der Waals surface area (Å²) in [5.74, 6) is -0.349. The summed E-state index contributed by atoms with van der Waals surface area (Å²) in [6.07, 6.45) is 0. The van der Waals surface area contributed by atoms with Crippen LogP contribution in [0.3, 0.4) is 0 Å². The van der Waals surface area contributed by atoms with Crippen LogP contribution in [0.1, 0.15) is 34.6 Å². The number of ether oxygens (including phenoxy) is 1. The van der Waals surface area contributed by atoms with Gasteiger partial charge >= 0.3 is 5.97 Å². The molecule has 2 rings (SSSR count). The Morgan fingerprint density at radius 2 is 2.06 bits per heavy atom. The van der Waals surface area contributed by atoms with Gasteiger partial charge in [0.15, 0.2) is 5.78 Å². The summed E-state index contributed by atoms with van der Waals surface area (Å²) in [7, 11) is 3.28. The average molecular weight is 247 g/mol. The predicted molar refractivity (Wildman–Crippen MR) is 69.2 cm³/mol. The topological polar surface area (TPSA) is 46.6 Å². The van der Waals surface area contributed by atoms with Crippen molar-refractivity contribution in [1.82, 2.24) is 0 Å². The Kier molecular flexibility index (Phi) is 2.89. The van der Waals surface area contributed by atoms with Crippen molar-refractivity contribution in [3.63, 3.8) is 0 Å². The molecule has 96 valence electrons. The van der Waals surface area contributed by atoms with E-state index in [1.54, 1.807) is 18.2 Å². The Bertz CT molecular complexity index is 520. The van der Waals surface area contributed by atoms with Crippen molar-refractivity contribution in [3.8, 4) is 0 Å². The number of Topliss-reactive ketones (excluding diaryl/α,β-unsaturated/α-hetero) is 1. The van der Waals surface area contributed by atoms with Gasteiger partial charge in [0.1, 0.15) is 0 Å². The second kappa shape index (κ2) is 4.12. The summed E-state index contributed by atoms with van der Waals surface area (Å²) in [6.45, 7) is 4.51. The third-order valence-electron chi connectivity index (χ3n) is 3.32. The third kappa shape index (κ3) is 1.88. The second-order valence-corrected chi connectivity index (χ2v) is 5.29. The van der Waals surface area contributed by atoms with Crippen LogP contribution >= 0.6 is 0 Å². The number of ketones is 1. The minimum Gasteiger partial charge on any atom is -0.465 e. The zero-order chi connectivity index (χ0) is 13.5. The lowest BCUT2D eigenvalue weighted by Crippen LogP contribution is -2.42. The van der Waals surface area contributed by atoms with Gasteiger partial charge in [0.2, 0.25) is 0 Å². The van der Waals surface area contributed by atoms with Gasteiger partial charge in [-0.3, -0.25) is 4.79 Å². The van der Waals surface area contributed by atoms with Crippen LogP contribution in [0.25, 0.3) is 0 Å².